The molecule has 0 fully saturated rings. The highest BCUT2D eigenvalue weighted by Gasteiger charge is 2.25. The lowest BCUT2D eigenvalue weighted by Crippen LogP contribution is -2.32. The minimum Gasteiger partial charge on any atom is -0.329 e. The van der Waals surface area contributed by atoms with Crippen molar-refractivity contribution in [1.29, 1.82) is 0 Å². The van der Waals surface area contributed by atoms with E-state index in [1.807, 2.05) is 73.1 Å². The molecule has 0 unspecified atom stereocenters. The molecule has 0 aliphatic rings. The van der Waals surface area contributed by atoms with Gasteiger partial charge in [-0.3, -0.25) is 0 Å². The van der Waals surface area contributed by atoms with Gasteiger partial charge in [0.15, 0.2) is 0 Å². The molecule has 0 amide bonds. The first-order chi connectivity index (χ1) is 11.5. The van der Waals surface area contributed by atoms with Crippen LogP contribution in [-0.2, 0) is 17.1 Å². The lowest BCUT2D eigenvalue weighted by Gasteiger charge is -2.19. The van der Waals surface area contributed by atoms with Gasteiger partial charge >= 0.3 is 0 Å². The number of hydrogen-bond donors (Lipinski definition) is 1. The zero-order valence-corrected chi connectivity index (χ0v) is 14.6. The van der Waals surface area contributed by atoms with Crippen LogP contribution in [0.15, 0.2) is 54.6 Å². The smallest absolute Gasteiger partial charge is 0.212 e. The van der Waals surface area contributed by atoms with E-state index in [1.54, 1.807) is 0 Å². The Morgan fingerprint density at radius 1 is 1.08 bits per heavy atom. The van der Waals surface area contributed by atoms with Gasteiger partial charge in [-0.25, -0.2) is 18.1 Å². The van der Waals surface area contributed by atoms with Crippen molar-refractivity contribution in [2.75, 3.05) is 5.75 Å². The largest absolute Gasteiger partial charge is 0.329 e. The number of nitrogens with zero attached hydrogens (tertiary/aromatic N) is 2. The van der Waals surface area contributed by atoms with Crippen LogP contribution in [0.4, 0.5) is 0 Å². The molecule has 1 N–H and O–H groups in total. The summed E-state index contributed by atoms with van der Waals surface area (Å²) in [5, 5.41) is 0. The third kappa shape index (κ3) is 3.34. The molecule has 0 spiro atoms. The van der Waals surface area contributed by atoms with Crippen LogP contribution in [0, 0.1) is 0 Å². The maximum absolute atomic E-state index is 12.4. The molecule has 1 aromatic heterocycles. The van der Waals surface area contributed by atoms with E-state index in [9.17, 15) is 8.42 Å². The van der Waals surface area contributed by atoms with Crippen molar-refractivity contribution < 1.29 is 8.42 Å². The minimum atomic E-state index is -3.38. The van der Waals surface area contributed by atoms with Crippen molar-refractivity contribution in [2.24, 2.45) is 7.05 Å². The summed E-state index contributed by atoms with van der Waals surface area (Å²) in [7, 11) is -1.47. The zero-order valence-electron chi connectivity index (χ0n) is 13.8. The van der Waals surface area contributed by atoms with Gasteiger partial charge in [-0.05, 0) is 24.1 Å². The van der Waals surface area contributed by atoms with E-state index >= 15 is 0 Å². The quantitative estimate of drug-likeness (QED) is 0.748. The van der Waals surface area contributed by atoms with Gasteiger partial charge in [0.2, 0.25) is 10.0 Å². The molecule has 1 atom stereocenters. The molecule has 0 bridgehead atoms. The Hall–Kier alpha value is -2.18. The standard InChI is InChI=1S/C18H21N3O2S/c1-3-13-24(22,23)20-17(14-9-5-4-6-10-14)18-19-15-11-7-8-12-16(15)21(18)2/h4-12,17,20H,3,13H2,1-2H3/t17-/m0/s1. The average molecular weight is 343 g/mol. The molecule has 24 heavy (non-hydrogen) atoms. The van der Waals surface area contributed by atoms with Gasteiger partial charge in [0, 0.05) is 7.05 Å². The number of hydrogen-bond acceptors (Lipinski definition) is 3. The average Bonchev–Trinajstić information content (AvgIpc) is 2.91. The molecule has 0 aliphatic heterocycles. The highest BCUT2D eigenvalue weighted by molar-refractivity contribution is 7.89. The lowest BCUT2D eigenvalue weighted by atomic mass is 10.1. The van der Waals surface area contributed by atoms with Crippen LogP contribution in [0.5, 0.6) is 0 Å². The number of nitrogens with one attached hydrogen (secondary N) is 1. The molecule has 0 aliphatic carbocycles. The summed E-state index contributed by atoms with van der Waals surface area (Å²) in [4.78, 5) is 4.67. The molecule has 0 saturated carbocycles. The van der Waals surface area contributed by atoms with Crippen LogP contribution in [0.1, 0.15) is 30.8 Å². The summed E-state index contributed by atoms with van der Waals surface area (Å²) >= 11 is 0. The van der Waals surface area contributed by atoms with Crippen molar-refractivity contribution in [2.45, 2.75) is 19.4 Å². The lowest BCUT2D eigenvalue weighted by molar-refractivity contribution is 0.562. The SMILES string of the molecule is CCCS(=O)(=O)N[C@@H](c1ccccc1)c1nc2ccccc2n1C. The van der Waals surface area contributed by atoms with E-state index in [2.05, 4.69) is 9.71 Å². The van der Waals surface area contributed by atoms with Gasteiger partial charge in [-0.2, -0.15) is 0 Å². The number of sulfonamides is 1. The van der Waals surface area contributed by atoms with Crippen LogP contribution < -0.4 is 4.72 Å². The Balaban J connectivity index is 2.11. The van der Waals surface area contributed by atoms with Crippen LogP contribution in [-0.4, -0.2) is 23.7 Å². The molecule has 3 aromatic rings. The summed E-state index contributed by atoms with van der Waals surface area (Å²) in [6.45, 7) is 1.85. The van der Waals surface area contributed by atoms with E-state index in [0.717, 1.165) is 16.6 Å². The molecular formula is C18H21N3O2S. The van der Waals surface area contributed by atoms with Gasteiger partial charge in [0.25, 0.3) is 0 Å². The molecule has 126 valence electrons. The summed E-state index contributed by atoms with van der Waals surface area (Å²) in [5.41, 5.74) is 2.70. The Morgan fingerprint density at radius 2 is 1.75 bits per heavy atom. The van der Waals surface area contributed by atoms with Crippen molar-refractivity contribution in [3.05, 3.63) is 66.0 Å². The second-order valence-corrected chi connectivity index (χ2v) is 7.67. The predicted molar refractivity (Wildman–Crippen MR) is 96.2 cm³/mol. The van der Waals surface area contributed by atoms with Crippen LogP contribution >= 0.6 is 0 Å². The molecule has 2 aromatic carbocycles. The number of para-hydroxylation sites is 2. The number of imidazole rings is 1. The van der Waals surface area contributed by atoms with Gasteiger partial charge in [-0.15, -0.1) is 0 Å². The fourth-order valence-corrected chi connectivity index (χ4v) is 4.10. The minimum absolute atomic E-state index is 0.0975. The second-order valence-electron chi connectivity index (χ2n) is 5.80. The first kappa shape index (κ1) is 16.7. The highest BCUT2D eigenvalue weighted by Crippen LogP contribution is 2.25. The zero-order chi connectivity index (χ0) is 17.2. The first-order valence-corrected chi connectivity index (χ1v) is 9.63. The number of aromatic nitrogens is 2. The van der Waals surface area contributed by atoms with E-state index < -0.39 is 16.1 Å². The molecule has 3 rings (SSSR count). The Bertz CT molecular complexity index is 933. The van der Waals surface area contributed by atoms with E-state index in [4.69, 9.17) is 0 Å². The molecule has 6 heteroatoms. The molecule has 0 saturated heterocycles. The molecular weight excluding hydrogens is 322 g/mol. The van der Waals surface area contributed by atoms with Crippen molar-refractivity contribution in [3.63, 3.8) is 0 Å². The van der Waals surface area contributed by atoms with Gasteiger partial charge < -0.3 is 4.57 Å². The topological polar surface area (TPSA) is 64.0 Å². The second kappa shape index (κ2) is 6.75. The van der Waals surface area contributed by atoms with E-state index in [0.29, 0.717) is 12.2 Å². The summed E-state index contributed by atoms with van der Waals surface area (Å²) in [6, 6.07) is 16.8. The van der Waals surface area contributed by atoms with E-state index in [-0.39, 0.29) is 5.75 Å². The van der Waals surface area contributed by atoms with Gasteiger partial charge in [0.1, 0.15) is 11.9 Å². The van der Waals surface area contributed by atoms with Crippen LogP contribution in [0.3, 0.4) is 0 Å². The summed E-state index contributed by atoms with van der Waals surface area (Å²) < 4.78 is 29.5. The van der Waals surface area contributed by atoms with Crippen molar-refractivity contribution in [1.82, 2.24) is 14.3 Å². The fraction of sp³-hybridized carbons (Fsp3) is 0.278. The number of benzene rings is 2. The van der Waals surface area contributed by atoms with Crippen LogP contribution in [0.2, 0.25) is 0 Å². The summed E-state index contributed by atoms with van der Waals surface area (Å²) in [6.07, 6.45) is 0.569. The maximum atomic E-state index is 12.4. The Morgan fingerprint density at radius 3 is 2.42 bits per heavy atom. The molecule has 5 nitrogen and oxygen atoms in total. The van der Waals surface area contributed by atoms with Crippen LogP contribution in [0.25, 0.3) is 11.0 Å². The van der Waals surface area contributed by atoms with E-state index in [1.165, 1.54) is 0 Å². The summed E-state index contributed by atoms with van der Waals surface area (Å²) in [5.74, 6) is 0.780. The number of aryl methyl sites for hydroxylation is 1. The van der Waals surface area contributed by atoms with Crippen molar-refractivity contribution >= 4 is 21.1 Å². The van der Waals surface area contributed by atoms with Gasteiger partial charge in [-0.1, -0.05) is 49.4 Å². The maximum Gasteiger partial charge on any atom is 0.212 e. The number of rotatable bonds is 6. The molecule has 0 radical (unpaired) electrons. The third-order valence-corrected chi connectivity index (χ3v) is 5.52. The van der Waals surface area contributed by atoms with Gasteiger partial charge in [0.05, 0.1) is 16.8 Å². The Kier molecular flexibility index (Phi) is 4.69. The number of fused-ring (bicyclic) bond motifs is 1. The monoisotopic (exact) mass is 343 g/mol. The Labute approximate surface area is 142 Å². The first-order valence-electron chi connectivity index (χ1n) is 7.98. The third-order valence-electron chi connectivity index (χ3n) is 3.98. The molecule has 1 heterocycles. The highest BCUT2D eigenvalue weighted by atomic mass is 32.2. The fourth-order valence-electron chi connectivity index (χ4n) is 2.84. The van der Waals surface area contributed by atoms with Crippen molar-refractivity contribution in [3.8, 4) is 0 Å². The normalized spacial score (nSPS) is 13.2. The predicted octanol–water partition coefficient (Wildman–Crippen LogP) is 2.99.